The van der Waals surface area contributed by atoms with Gasteiger partial charge in [0.1, 0.15) is 36.5 Å². The van der Waals surface area contributed by atoms with Gasteiger partial charge in [-0.05, 0) is 46.5 Å². The average Bonchev–Trinajstić information content (AvgIpc) is 2.93. The minimum atomic E-state index is -4.68. The van der Waals surface area contributed by atoms with Gasteiger partial charge in [-0.2, -0.15) is 13.2 Å². The van der Waals surface area contributed by atoms with Gasteiger partial charge in [-0.25, -0.2) is 9.59 Å². The quantitative estimate of drug-likeness (QED) is 0.159. The van der Waals surface area contributed by atoms with Crippen LogP contribution in [0.15, 0.2) is 117 Å². The Balaban J connectivity index is 1.72. The fourth-order valence-electron chi connectivity index (χ4n) is 3.11. The highest BCUT2D eigenvalue weighted by molar-refractivity contribution is 5.82. The molecule has 38 heavy (non-hydrogen) atoms. The molecule has 3 aromatic carbocycles. The molecule has 0 saturated heterocycles. The van der Waals surface area contributed by atoms with E-state index in [0.717, 1.165) is 48.1 Å². The van der Waals surface area contributed by atoms with Crippen molar-refractivity contribution in [2.45, 2.75) is 6.18 Å². The van der Waals surface area contributed by atoms with E-state index in [1.807, 2.05) is 12.1 Å². The van der Waals surface area contributed by atoms with Crippen molar-refractivity contribution in [3.8, 4) is 33.8 Å². The molecule has 0 saturated carbocycles. The molecule has 0 fully saturated rings. The molecule has 0 spiro atoms. The van der Waals surface area contributed by atoms with Crippen LogP contribution < -0.4 is 9.47 Å². The molecule has 0 aromatic heterocycles. The topological polar surface area (TPSA) is 71.1 Å². The van der Waals surface area contributed by atoms with Gasteiger partial charge in [-0.3, -0.25) is 0 Å². The first-order chi connectivity index (χ1) is 18.2. The molecule has 0 amide bonds. The van der Waals surface area contributed by atoms with Gasteiger partial charge in [0, 0.05) is 12.2 Å². The van der Waals surface area contributed by atoms with E-state index in [1.165, 1.54) is 18.4 Å². The van der Waals surface area contributed by atoms with Gasteiger partial charge in [0.25, 0.3) is 0 Å². The maximum atomic E-state index is 13.7. The number of alkyl halides is 3. The number of rotatable bonds is 10. The SMILES string of the molecule is C=CC(=O)O/C=C\Oc1ccc(-c2ccc(-c3ccc(O/C=C\OC(=O)C=C)c(C(F)(F)F)c3)cc2)cc1. The predicted molar refractivity (Wildman–Crippen MR) is 134 cm³/mol. The van der Waals surface area contributed by atoms with Crippen LogP contribution in [0.4, 0.5) is 13.2 Å². The first kappa shape index (κ1) is 27.5. The van der Waals surface area contributed by atoms with E-state index < -0.39 is 29.4 Å². The zero-order valence-corrected chi connectivity index (χ0v) is 19.8. The lowest BCUT2D eigenvalue weighted by atomic mass is 9.98. The molecule has 0 bridgehead atoms. The fraction of sp³-hybridized carbons (Fsp3) is 0.0345. The van der Waals surface area contributed by atoms with Crippen molar-refractivity contribution in [3.63, 3.8) is 0 Å². The summed E-state index contributed by atoms with van der Waals surface area (Å²) in [7, 11) is 0. The summed E-state index contributed by atoms with van der Waals surface area (Å²) >= 11 is 0. The number of carbonyl (C=O) groups is 2. The molecule has 0 atom stereocenters. The van der Waals surface area contributed by atoms with Gasteiger partial charge in [0.15, 0.2) is 0 Å². The predicted octanol–water partition coefficient (Wildman–Crippen LogP) is 7.20. The molecule has 3 rings (SSSR count). The standard InChI is InChI=1S/C29H21F3O6/c1-3-27(33)37-17-15-35-24-12-9-21(10-13-24)20-5-7-22(8-6-20)23-11-14-26(25(19-23)29(30,31)32)36-16-18-38-28(34)4-2/h3-19H,1-2H2/b17-15-,18-16-. The molecule has 0 N–H and O–H groups in total. The molecule has 0 aliphatic heterocycles. The van der Waals surface area contributed by atoms with Gasteiger partial charge in [-0.1, -0.05) is 55.6 Å². The van der Waals surface area contributed by atoms with Crippen LogP contribution in [0.5, 0.6) is 11.5 Å². The molecule has 0 unspecified atom stereocenters. The summed E-state index contributed by atoms with van der Waals surface area (Å²) in [4.78, 5) is 22.0. The Morgan fingerprint density at radius 1 is 0.632 bits per heavy atom. The van der Waals surface area contributed by atoms with Crippen LogP contribution in [0.25, 0.3) is 22.3 Å². The molecule has 194 valence electrons. The molecule has 9 heteroatoms. The lowest BCUT2D eigenvalue weighted by Gasteiger charge is -2.14. The van der Waals surface area contributed by atoms with Gasteiger partial charge in [0.2, 0.25) is 0 Å². The van der Waals surface area contributed by atoms with Gasteiger partial charge >= 0.3 is 18.1 Å². The van der Waals surface area contributed by atoms with Gasteiger partial charge in [0.05, 0.1) is 5.56 Å². The zero-order chi connectivity index (χ0) is 27.5. The minimum Gasteiger partial charge on any atom is -0.462 e. The molecule has 0 aliphatic rings. The summed E-state index contributed by atoms with van der Waals surface area (Å²) in [5.41, 5.74) is 1.62. The molecule has 0 radical (unpaired) electrons. The van der Waals surface area contributed by atoms with E-state index in [0.29, 0.717) is 16.9 Å². The Morgan fingerprint density at radius 3 is 1.58 bits per heavy atom. The third-order valence-corrected chi connectivity index (χ3v) is 4.90. The summed E-state index contributed by atoms with van der Waals surface area (Å²) in [5, 5.41) is 0. The van der Waals surface area contributed by atoms with Crippen LogP contribution in [-0.4, -0.2) is 11.9 Å². The lowest BCUT2D eigenvalue weighted by molar-refractivity contribution is -0.138. The van der Waals surface area contributed by atoms with Crippen molar-refractivity contribution in [3.05, 3.63) is 123 Å². The molecule has 0 heterocycles. The summed E-state index contributed by atoms with van der Waals surface area (Å²) in [6.07, 6.45) is 1.22. The molecule has 0 aliphatic carbocycles. The van der Waals surface area contributed by atoms with Crippen molar-refractivity contribution < 1.29 is 41.7 Å². The Labute approximate surface area is 216 Å². The summed E-state index contributed by atoms with van der Waals surface area (Å²) in [6, 6.07) is 17.7. The van der Waals surface area contributed by atoms with Crippen LogP contribution in [0.2, 0.25) is 0 Å². The second-order valence-electron chi connectivity index (χ2n) is 7.37. The molecule has 3 aromatic rings. The molecule has 6 nitrogen and oxygen atoms in total. The Hall–Kier alpha value is -5.05. The minimum absolute atomic E-state index is 0.339. The first-order valence-electron chi connectivity index (χ1n) is 10.9. The average molecular weight is 522 g/mol. The normalized spacial score (nSPS) is 11.2. The highest BCUT2D eigenvalue weighted by atomic mass is 19.4. The van der Waals surface area contributed by atoms with E-state index in [1.54, 1.807) is 36.4 Å². The summed E-state index contributed by atoms with van der Waals surface area (Å²) in [6.45, 7) is 6.49. The van der Waals surface area contributed by atoms with E-state index >= 15 is 0 Å². The van der Waals surface area contributed by atoms with Gasteiger partial charge < -0.3 is 18.9 Å². The van der Waals surface area contributed by atoms with Crippen molar-refractivity contribution in [1.82, 2.24) is 0 Å². The van der Waals surface area contributed by atoms with Crippen LogP contribution in [-0.2, 0) is 25.2 Å². The fourth-order valence-corrected chi connectivity index (χ4v) is 3.11. The van der Waals surface area contributed by atoms with Crippen molar-refractivity contribution in [2.75, 3.05) is 0 Å². The van der Waals surface area contributed by atoms with E-state index in [2.05, 4.69) is 22.6 Å². The van der Waals surface area contributed by atoms with Crippen molar-refractivity contribution >= 4 is 11.9 Å². The van der Waals surface area contributed by atoms with Gasteiger partial charge in [-0.15, -0.1) is 0 Å². The maximum Gasteiger partial charge on any atom is 0.420 e. The Bertz CT molecular complexity index is 1350. The third-order valence-electron chi connectivity index (χ3n) is 4.90. The maximum absolute atomic E-state index is 13.7. The molecular weight excluding hydrogens is 501 g/mol. The largest absolute Gasteiger partial charge is 0.462 e. The highest BCUT2D eigenvalue weighted by Gasteiger charge is 2.34. The van der Waals surface area contributed by atoms with Crippen molar-refractivity contribution in [1.29, 1.82) is 0 Å². The Kier molecular flexibility index (Phi) is 9.26. The monoisotopic (exact) mass is 522 g/mol. The zero-order valence-electron chi connectivity index (χ0n) is 19.8. The van der Waals surface area contributed by atoms with E-state index in [4.69, 9.17) is 9.47 Å². The number of esters is 2. The number of halogens is 3. The number of hydrogen-bond acceptors (Lipinski definition) is 6. The van der Waals surface area contributed by atoms with Crippen molar-refractivity contribution in [2.24, 2.45) is 0 Å². The number of benzene rings is 3. The molecular formula is C29H21F3O6. The summed E-state index contributed by atoms with van der Waals surface area (Å²) in [5.74, 6) is -1.32. The van der Waals surface area contributed by atoms with Crippen LogP contribution >= 0.6 is 0 Å². The Morgan fingerprint density at radius 2 is 1.08 bits per heavy atom. The number of carbonyl (C=O) groups excluding carboxylic acids is 2. The smallest absolute Gasteiger partial charge is 0.420 e. The first-order valence-corrected chi connectivity index (χ1v) is 10.9. The third kappa shape index (κ3) is 7.72. The summed E-state index contributed by atoms with van der Waals surface area (Å²) < 4.78 is 60.6. The van der Waals surface area contributed by atoms with E-state index in [9.17, 15) is 22.8 Å². The number of hydrogen-bond donors (Lipinski definition) is 0. The van der Waals surface area contributed by atoms with Crippen LogP contribution in [0.3, 0.4) is 0 Å². The number of ether oxygens (including phenoxy) is 4. The van der Waals surface area contributed by atoms with E-state index in [-0.39, 0.29) is 0 Å². The second-order valence-corrected chi connectivity index (χ2v) is 7.37. The lowest BCUT2D eigenvalue weighted by Crippen LogP contribution is -2.07. The highest BCUT2D eigenvalue weighted by Crippen LogP contribution is 2.39. The second kappa shape index (κ2) is 12.8. The van der Waals surface area contributed by atoms with Crippen LogP contribution in [0.1, 0.15) is 5.56 Å². The van der Waals surface area contributed by atoms with Crippen LogP contribution in [0, 0.1) is 0 Å².